The summed E-state index contributed by atoms with van der Waals surface area (Å²) in [6, 6.07) is 6.07. The monoisotopic (exact) mass is 387 g/mol. The molecule has 0 aliphatic carbocycles. The van der Waals surface area contributed by atoms with Gasteiger partial charge in [-0.05, 0) is 31.6 Å². The van der Waals surface area contributed by atoms with Crippen molar-refractivity contribution in [3.8, 4) is 17.3 Å². The van der Waals surface area contributed by atoms with E-state index in [1.807, 2.05) is 17.8 Å². The van der Waals surface area contributed by atoms with Gasteiger partial charge >= 0.3 is 0 Å². The van der Waals surface area contributed by atoms with E-state index in [0.29, 0.717) is 36.0 Å². The fraction of sp³-hybridized carbons (Fsp3) is 0.526. The molecule has 0 aromatic carbocycles. The third-order valence-corrected chi connectivity index (χ3v) is 6.35. The van der Waals surface area contributed by atoms with Gasteiger partial charge in [0, 0.05) is 29.5 Å². The predicted molar refractivity (Wildman–Crippen MR) is 108 cm³/mol. The lowest BCUT2D eigenvalue weighted by Gasteiger charge is -2.34. The van der Waals surface area contributed by atoms with Crippen molar-refractivity contribution in [2.24, 2.45) is 0 Å². The number of aromatic nitrogens is 3. The third-order valence-electron chi connectivity index (χ3n) is 4.94. The number of anilines is 2. The summed E-state index contributed by atoms with van der Waals surface area (Å²) in [6.07, 6.45) is 2.38. The number of ether oxygens (including phenoxy) is 2. The van der Waals surface area contributed by atoms with Gasteiger partial charge in [0.05, 0.1) is 32.1 Å². The number of hydrogen-bond acceptors (Lipinski definition) is 8. The number of morpholine rings is 1. The van der Waals surface area contributed by atoms with Crippen molar-refractivity contribution < 1.29 is 9.47 Å². The van der Waals surface area contributed by atoms with Crippen molar-refractivity contribution in [2.75, 3.05) is 43.3 Å². The maximum absolute atomic E-state index is 5.96. The fourth-order valence-electron chi connectivity index (χ4n) is 3.53. The molecule has 4 heterocycles. The van der Waals surface area contributed by atoms with Gasteiger partial charge in [0.1, 0.15) is 11.6 Å². The number of pyridine rings is 1. The van der Waals surface area contributed by atoms with E-state index in [1.54, 1.807) is 13.2 Å². The summed E-state index contributed by atoms with van der Waals surface area (Å²) in [5.41, 5.74) is 7.87. The van der Waals surface area contributed by atoms with Crippen LogP contribution in [0.2, 0.25) is 0 Å². The lowest BCUT2D eigenvalue weighted by Crippen LogP contribution is -2.44. The summed E-state index contributed by atoms with van der Waals surface area (Å²) in [5.74, 6) is 3.67. The molecule has 0 bridgehead atoms. The first kappa shape index (κ1) is 18.3. The van der Waals surface area contributed by atoms with Crippen LogP contribution in [0.25, 0.3) is 11.4 Å². The molecule has 0 radical (unpaired) electrons. The highest BCUT2D eigenvalue weighted by atomic mass is 32.2. The number of methoxy groups -OCH3 is 1. The lowest BCUT2D eigenvalue weighted by molar-refractivity contribution is 0.0985. The average molecular weight is 388 g/mol. The highest BCUT2D eigenvalue weighted by molar-refractivity contribution is 7.99. The molecular weight excluding hydrogens is 362 g/mol. The summed E-state index contributed by atoms with van der Waals surface area (Å²) in [5, 5.41) is 0.419. The van der Waals surface area contributed by atoms with Crippen molar-refractivity contribution in [3.05, 3.63) is 23.9 Å². The molecule has 2 N–H and O–H groups in total. The number of rotatable bonds is 4. The van der Waals surface area contributed by atoms with Crippen molar-refractivity contribution in [1.82, 2.24) is 15.0 Å². The molecule has 2 aliphatic rings. The van der Waals surface area contributed by atoms with Crippen molar-refractivity contribution in [1.29, 1.82) is 0 Å². The summed E-state index contributed by atoms with van der Waals surface area (Å²) in [6.45, 7) is 4.42. The van der Waals surface area contributed by atoms with Gasteiger partial charge in [0.25, 0.3) is 0 Å². The zero-order valence-corrected chi connectivity index (χ0v) is 16.5. The Hall–Kier alpha value is -2.06. The molecule has 0 saturated carbocycles. The van der Waals surface area contributed by atoms with Crippen LogP contribution in [0, 0.1) is 0 Å². The van der Waals surface area contributed by atoms with Gasteiger partial charge in [-0.2, -0.15) is 16.7 Å². The first-order valence-electron chi connectivity index (χ1n) is 9.31. The summed E-state index contributed by atoms with van der Waals surface area (Å²) < 4.78 is 10.9. The molecule has 27 heavy (non-hydrogen) atoms. The molecule has 4 rings (SSSR count). The second-order valence-electron chi connectivity index (χ2n) is 6.92. The van der Waals surface area contributed by atoms with E-state index in [2.05, 4.69) is 22.9 Å². The fourth-order valence-corrected chi connectivity index (χ4v) is 4.77. The zero-order chi connectivity index (χ0) is 18.8. The van der Waals surface area contributed by atoms with Gasteiger partial charge in [-0.3, -0.25) is 0 Å². The molecule has 0 amide bonds. The van der Waals surface area contributed by atoms with E-state index in [4.69, 9.17) is 25.2 Å². The highest BCUT2D eigenvalue weighted by Gasteiger charge is 2.25. The molecule has 2 saturated heterocycles. The standard InChI is InChI=1S/C19H25N5O2S/c1-12-11-26-6-5-24(12)17-10-14(15-4-3-7-27-15)21-19(23-17)13-8-16(20)22-18(9-13)25-2/h8-10,12,15H,3-7,11H2,1-2H3,(H2,20,22). The molecule has 7 nitrogen and oxygen atoms in total. The van der Waals surface area contributed by atoms with Crippen LogP contribution in [0.5, 0.6) is 5.88 Å². The Morgan fingerprint density at radius 2 is 2.15 bits per heavy atom. The number of thioether (sulfide) groups is 1. The van der Waals surface area contributed by atoms with Crippen LogP contribution in [-0.2, 0) is 4.74 Å². The van der Waals surface area contributed by atoms with Crippen molar-refractivity contribution >= 4 is 23.4 Å². The van der Waals surface area contributed by atoms with Crippen molar-refractivity contribution in [2.45, 2.75) is 31.1 Å². The van der Waals surface area contributed by atoms with Crippen LogP contribution in [0.3, 0.4) is 0 Å². The van der Waals surface area contributed by atoms with Gasteiger partial charge < -0.3 is 20.1 Å². The highest BCUT2D eigenvalue weighted by Crippen LogP contribution is 2.40. The quantitative estimate of drug-likeness (QED) is 0.857. The molecule has 2 atom stereocenters. The number of nitrogens with two attached hydrogens (primary N) is 1. The van der Waals surface area contributed by atoms with E-state index in [1.165, 1.54) is 12.2 Å². The van der Waals surface area contributed by atoms with E-state index >= 15 is 0 Å². The zero-order valence-electron chi connectivity index (χ0n) is 15.7. The minimum absolute atomic E-state index is 0.280. The van der Waals surface area contributed by atoms with Crippen LogP contribution < -0.4 is 15.4 Å². The summed E-state index contributed by atoms with van der Waals surface area (Å²) in [4.78, 5) is 16.2. The van der Waals surface area contributed by atoms with E-state index in [-0.39, 0.29) is 6.04 Å². The van der Waals surface area contributed by atoms with Gasteiger partial charge in [-0.15, -0.1) is 0 Å². The molecular formula is C19H25N5O2S. The Balaban J connectivity index is 1.79. The van der Waals surface area contributed by atoms with Crippen LogP contribution in [0.1, 0.15) is 30.7 Å². The van der Waals surface area contributed by atoms with E-state index in [0.717, 1.165) is 30.0 Å². The first-order chi connectivity index (χ1) is 13.1. The molecule has 2 aromatic heterocycles. The Bertz CT molecular complexity index is 813. The van der Waals surface area contributed by atoms with E-state index in [9.17, 15) is 0 Å². The Kier molecular flexibility index (Phi) is 5.36. The third kappa shape index (κ3) is 3.96. The first-order valence-corrected chi connectivity index (χ1v) is 10.4. The predicted octanol–water partition coefficient (Wildman–Crippen LogP) is 2.92. The molecule has 2 aliphatic heterocycles. The second-order valence-corrected chi connectivity index (χ2v) is 8.23. The maximum Gasteiger partial charge on any atom is 0.215 e. The largest absolute Gasteiger partial charge is 0.481 e. The van der Waals surface area contributed by atoms with Crippen LogP contribution in [-0.4, -0.2) is 53.6 Å². The SMILES string of the molecule is COc1cc(-c2nc(C3CCCS3)cc(N3CCOCC3C)n2)cc(N)n1. The molecule has 2 fully saturated rings. The minimum atomic E-state index is 0.280. The Morgan fingerprint density at radius 3 is 2.89 bits per heavy atom. The minimum Gasteiger partial charge on any atom is -0.481 e. The molecule has 0 spiro atoms. The molecule has 2 unspecified atom stereocenters. The van der Waals surface area contributed by atoms with Crippen LogP contribution >= 0.6 is 11.8 Å². The van der Waals surface area contributed by atoms with Gasteiger partial charge in [0.15, 0.2) is 5.82 Å². The number of nitrogen functional groups attached to an aromatic ring is 1. The molecule has 2 aromatic rings. The maximum atomic E-state index is 5.96. The smallest absolute Gasteiger partial charge is 0.215 e. The Labute approximate surface area is 163 Å². The van der Waals surface area contributed by atoms with Crippen LogP contribution in [0.4, 0.5) is 11.6 Å². The van der Waals surface area contributed by atoms with Crippen molar-refractivity contribution in [3.63, 3.8) is 0 Å². The summed E-state index contributed by atoms with van der Waals surface area (Å²) in [7, 11) is 1.58. The Morgan fingerprint density at radius 1 is 1.26 bits per heavy atom. The van der Waals surface area contributed by atoms with E-state index < -0.39 is 0 Å². The molecule has 144 valence electrons. The van der Waals surface area contributed by atoms with Gasteiger partial charge in [-0.1, -0.05) is 0 Å². The normalized spacial score (nSPS) is 22.8. The van der Waals surface area contributed by atoms with Gasteiger partial charge in [0.2, 0.25) is 5.88 Å². The topological polar surface area (TPSA) is 86.4 Å². The second kappa shape index (κ2) is 7.90. The number of hydrogen-bond donors (Lipinski definition) is 1. The summed E-state index contributed by atoms with van der Waals surface area (Å²) >= 11 is 1.97. The van der Waals surface area contributed by atoms with Gasteiger partial charge in [-0.25, -0.2) is 9.97 Å². The molecule has 8 heteroatoms. The van der Waals surface area contributed by atoms with Crippen LogP contribution in [0.15, 0.2) is 18.2 Å². The average Bonchev–Trinajstić information content (AvgIpc) is 3.22. The number of nitrogens with zero attached hydrogens (tertiary/aromatic N) is 4. The lowest BCUT2D eigenvalue weighted by atomic mass is 10.1.